The summed E-state index contributed by atoms with van der Waals surface area (Å²) >= 11 is 0. The molecule has 6 nitrogen and oxygen atoms in total. The van der Waals surface area contributed by atoms with Gasteiger partial charge in [0.15, 0.2) is 9.84 Å². The average Bonchev–Trinajstić information content (AvgIpc) is 3.05. The molecular formula is C16H25ClN2O4S. The van der Waals surface area contributed by atoms with E-state index >= 15 is 0 Å². The van der Waals surface area contributed by atoms with E-state index in [1.807, 2.05) is 0 Å². The molecule has 2 rings (SSSR count). The number of hydrogen-bond donors (Lipinski definition) is 2. The Balaban J connectivity index is 0.00000288. The summed E-state index contributed by atoms with van der Waals surface area (Å²) in [6, 6.07) is 6.50. The fourth-order valence-corrected chi connectivity index (χ4v) is 4.17. The number of hydrogen-bond acceptors (Lipinski definition) is 5. The molecule has 0 radical (unpaired) electrons. The normalized spacial score (nSPS) is 18.5. The second-order valence-corrected chi connectivity index (χ2v) is 7.93. The van der Waals surface area contributed by atoms with E-state index in [-0.39, 0.29) is 29.0 Å². The van der Waals surface area contributed by atoms with Crippen molar-refractivity contribution in [3.63, 3.8) is 0 Å². The molecule has 1 amide bonds. The van der Waals surface area contributed by atoms with E-state index in [1.165, 1.54) is 19.2 Å². The van der Waals surface area contributed by atoms with Crippen molar-refractivity contribution in [2.45, 2.75) is 30.7 Å². The predicted molar refractivity (Wildman–Crippen MR) is 95.5 cm³/mol. The van der Waals surface area contributed by atoms with Crippen molar-refractivity contribution in [3.8, 4) is 5.75 Å². The Hall–Kier alpha value is -1.31. The van der Waals surface area contributed by atoms with E-state index in [0.29, 0.717) is 18.3 Å². The van der Waals surface area contributed by atoms with Crippen molar-refractivity contribution in [2.24, 2.45) is 5.92 Å². The van der Waals surface area contributed by atoms with Gasteiger partial charge in [0.25, 0.3) is 0 Å². The fraction of sp³-hybridized carbons (Fsp3) is 0.562. The van der Waals surface area contributed by atoms with Crippen molar-refractivity contribution in [2.75, 3.05) is 26.0 Å². The largest absolute Gasteiger partial charge is 0.497 e. The van der Waals surface area contributed by atoms with Gasteiger partial charge in [-0.2, -0.15) is 0 Å². The summed E-state index contributed by atoms with van der Waals surface area (Å²) < 4.78 is 29.8. The van der Waals surface area contributed by atoms with E-state index in [1.54, 1.807) is 19.1 Å². The van der Waals surface area contributed by atoms with Crippen LogP contribution in [0.3, 0.4) is 0 Å². The minimum absolute atomic E-state index is 0. The lowest BCUT2D eigenvalue weighted by Gasteiger charge is -2.15. The van der Waals surface area contributed by atoms with E-state index in [2.05, 4.69) is 10.6 Å². The first-order chi connectivity index (χ1) is 10.9. The number of benzene rings is 1. The Morgan fingerprint density at radius 3 is 2.58 bits per heavy atom. The van der Waals surface area contributed by atoms with Gasteiger partial charge in [-0.3, -0.25) is 4.79 Å². The summed E-state index contributed by atoms with van der Waals surface area (Å²) in [5.41, 5.74) is 0. The van der Waals surface area contributed by atoms with Crippen LogP contribution in [0, 0.1) is 5.92 Å². The monoisotopic (exact) mass is 376 g/mol. The molecule has 2 N–H and O–H groups in total. The molecule has 0 saturated carbocycles. The van der Waals surface area contributed by atoms with Gasteiger partial charge in [-0.15, -0.1) is 12.4 Å². The van der Waals surface area contributed by atoms with E-state index in [4.69, 9.17) is 4.74 Å². The third-order valence-electron chi connectivity index (χ3n) is 4.02. The third-order valence-corrected chi connectivity index (χ3v) is 5.95. The van der Waals surface area contributed by atoms with Gasteiger partial charge in [-0.05, 0) is 43.7 Å². The van der Waals surface area contributed by atoms with Crippen LogP contribution in [0.2, 0.25) is 0 Å². The summed E-state index contributed by atoms with van der Waals surface area (Å²) in [4.78, 5) is 12.3. The van der Waals surface area contributed by atoms with Crippen molar-refractivity contribution in [3.05, 3.63) is 24.3 Å². The highest BCUT2D eigenvalue weighted by atomic mass is 35.5. The molecule has 0 aliphatic carbocycles. The minimum atomic E-state index is -3.50. The van der Waals surface area contributed by atoms with Gasteiger partial charge in [-0.25, -0.2) is 8.42 Å². The van der Waals surface area contributed by atoms with Gasteiger partial charge in [0, 0.05) is 18.5 Å². The van der Waals surface area contributed by atoms with Gasteiger partial charge in [0.1, 0.15) is 5.75 Å². The molecule has 1 aliphatic rings. The molecule has 136 valence electrons. The maximum atomic E-state index is 12.4. The van der Waals surface area contributed by atoms with Crippen molar-refractivity contribution < 1.29 is 17.9 Å². The molecular weight excluding hydrogens is 352 g/mol. The van der Waals surface area contributed by atoms with Crippen LogP contribution in [0.25, 0.3) is 0 Å². The first-order valence-electron chi connectivity index (χ1n) is 7.80. The number of ether oxygens (including phenoxy) is 1. The smallest absolute Gasteiger partial charge is 0.223 e. The molecule has 1 heterocycles. The molecule has 1 saturated heterocycles. The van der Waals surface area contributed by atoms with E-state index < -0.39 is 15.8 Å². The van der Waals surface area contributed by atoms with Crippen LogP contribution in [-0.4, -0.2) is 46.3 Å². The Morgan fingerprint density at radius 1 is 1.38 bits per heavy atom. The molecule has 1 fully saturated rings. The number of methoxy groups -OCH3 is 1. The minimum Gasteiger partial charge on any atom is -0.497 e. The lowest BCUT2D eigenvalue weighted by Crippen LogP contribution is -2.40. The second-order valence-electron chi connectivity index (χ2n) is 5.90. The van der Waals surface area contributed by atoms with Crippen molar-refractivity contribution in [1.29, 1.82) is 0 Å². The van der Waals surface area contributed by atoms with Crippen LogP contribution in [-0.2, 0) is 14.6 Å². The highest BCUT2D eigenvalue weighted by Gasteiger charge is 2.24. The van der Waals surface area contributed by atoms with Gasteiger partial charge in [0.05, 0.1) is 17.8 Å². The predicted octanol–water partition coefficient (Wildman–Crippen LogP) is 1.39. The summed E-state index contributed by atoms with van der Waals surface area (Å²) in [7, 11) is -1.98. The fourth-order valence-electron chi connectivity index (χ4n) is 2.61. The highest BCUT2D eigenvalue weighted by Crippen LogP contribution is 2.18. The zero-order chi connectivity index (χ0) is 16.9. The molecule has 2 unspecified atom stereocenters. The van der Waals surface area contributed by atoms with E-state index in [9.17, 15) is 13.2 Å². The first kappa shape index (κ1) is 20.7. The van der Waals surface area contributed by atoms with Crippen LogP contribution in [0.4, 0.5) is 0 Å². The molecule has 0 bridgehead atoms. The van der Waals surface area contributed by atoms with Crippen LogP contribution < -0.4 is 15.4 Å². The first-order valence-corrected chi connectivity index (χ1v) is 9.45. The molecule has 1 aromatic carbocycles. The number of sulfone groups is 1. The standard InChI is InChI=1S/C16H24N2O4S.ClH/c1-12(16(19)18-10-13-4-3-9-17-13)11-23(20,21)15-7-5-14(22-2)6-8-15;/h5-8,12-13,17H,3-4,9-11H2,1-2H3,(H,18,19);1H. The number of amides is 1. The SMILES string of the molecule is COc1ccc(S(=O)(=O)CC(C)C(=O)NCC2CCCN2)cc1.Cl. The molecule has 1 aliphatic heterocycles. The number of carbonyl (C=O) groups is 1. The Labute approximate surface area is 149 Å². The molecule has 0 aromatic heterocycles. The number of rotatable bonds is 7. The average molecular weight is 377 g/mol. The highest BCUT2D eigenvalue weighted by molar-refractivity contribution is 7.91. The number of carbonyl (C=O) groups excluding carboxylic acids is 1. The van der Waals surface area contributed by atoms with Crippen LogP contribution in [0.1, 0.15) is 19.8 Å². The molecule has 24 heavy (non-hydrogen) atoms. The van der Waals surface area contributed by atoms with Gasteiger partial charge in [-0.1, -0.05) is 6.92 Å². The Kier molecular flexibility index (Phi) is 7.99. The maximum Gasteiger partial charge on any atom is 0.223 e. The van der Waals surface area contributed by atoms with Crippen LogP contribution in [0.15, 0.2) is 29.2 Å². The van der Waals surface area contributed by atoms with Crippen LogP contribution in [0.5, 0.6) is 5.75 Å². The summed E-state index contributed by atoms with van der Waals surface area (Å²) in [6.45, 7) is 3.16. The number of nitrogens with one attached hydrogen (secondary N) is 2. The zero-order valence-electron chi connectivity index (χ0n) is 13.9. The Morgan fingerprint density at radius 2 is 2.04 bits per heavy atom. The van der Waals surface area contributed by atoms with Crippen molar-refractivity contribution in [1.82, 2.24) is 10.6 Å². The molecule has 8 heteroatoms. The van der Waals surface area contributed by atoms with Gasteiger partial charge >= 0.3 is 0 Å². The van der Waals surface area contributed by atoms with E-state index in [0.717, 1.165) is 19.4 Å². The van der Waals surface area contributed by atoms with Gasteiger partial charge in [0.2, 0.25) is 5.91 Å². The van der Waals surface area contributed by atoms with Crippen LogP contribution >= 0.6 is 12.4 Å². The van der Waals surface area contributed by atoms with Gasteiger partial charge < -0.3 is 15.4 Å². The molecule has 0 spiro atoms. The Bertz CT molecular complexity index is 628. The lowest BCUT2D eigenvalue weighted by atomic mass is 10.2. The molecule has 2 atom stereocenters. The summed E-state index contributed by atoms with van der Waals surface area (Å²) in [5.74, 6) is -0.429. The summed E-state index contributed by atoms with van der Waals surface area (Å²) in [5, 5.41) is 6.12. The maximum absolute atomic E-state index is 12.4. The quantitative estimate of drug-likeness (QED) is 0.751. The summed E-state index contributed by atoms with van der Waals surface area (Å²) in [6.07, 6.45) is 2.15. The second kappa shape index (κ2) is 9.25. The lowest BCUT2D eigenvalue weighted by molar-refractivity contribution is -0.123. The third kappa shape index (κ3) is 5.65. The molecule has 1 aromatic rings. The van der Waals surface area contributed by atoms with Crippen molar-refractivity contribution >= 4 is 28.2 Å². The zero-order valence-corrected chi connectivity index (χ0v) is 15.6. The number of halogens is 1. The topological polar surface area (TPSA) is 84.5 Å².